The van der Waals surface area contributed by atoms with Crippen LogP contribution in [0.3, 0.4) is 0 Å². The predicted molar refractivity (Wildman–Crippen MR) is 52.9 cm³/mol. The van der Waals surface area contributed by atoms with Gasteiger partial charge in [-0.1, -0.05) is 27.7 Å². The summed E-state index contributed by atoms with van der Waals surface area (Å²) in [7, 11) is 0. The minimum absolute atomic E-state index is 0.761. The summed E-state index contributed by atoms with van der Waals surface area (Å²) in [5.41, 5.74) is 0.761. The molecule has 5 unspecified atom stereocenters. The summed E-state index contributed by atoms with van der Waals surface area (Å²) in [5.74, 6) is 4.07. The second-order valence-electron chi connectivity index (χ2n) is 5.36. The molecule has 0 radical (unpaired) electrons. The van der Waals surface area contributed by atoms with Crippen molar-refractivity contribution in [1.82, 2.24) is 0 Å². The summed E-state index contributed by atoms with van der Waals surface area (Å²) >= 11 is 0. The molecule has 3 fully saturated rings. The predicted octanol–water partition coefficient (Wildman–Crippen LogP) is 3.71. The van der Waals surface area contributed by atoms with Crippen molar-refractivity contribution in [2.75, 3.05) is 0 Å². The fraction of sp³-hybridized carbons (Fsp3) is 1.00. The van der Waals surface area contributed by atoms with E-state index in [1.54, 1.807) is 0 Å². The molecule has 3 saturated carbocycles. The van der Waals surface area contributed by atoms with Crippen molar-refractivity contribution >= 4 is 0 Å². The van der Waals surface area contributed by atoms with Crippen LogP contribution >= 0.6 is 0 Å². The maximum Gasteiger partial charge on any atom is -0.0243 e. The first-order valence-corrected chi connectivity index (χ1v) is 5.62. The van der Waals surface area contributed by atoms with Crippen molar-refractivity contribution in [1.29, 1.82) is 0 Å². The van der Waals surface area contributed by atoms with Gasteiger partial charge in [-0.15, -0.1) is 0 Å². The summed E-state index contributed by atoms with van der Waals surface area (Å²) < 4.78 is 0. The summed E-state index contributed by atoms with van der Waals surface area (Å²) in [6.07, 6.45) is 4.44. The van der Waals surface area contributed by atoms with E-state index >= 15 is 0 Å². The van der Waals surface area contributed by atoms with Gasteiger partial charge in [0, 0.05) is 0 Å². The van der Waals surface area contributed by atoms with Crippen LogP contribution in [0.1, 0.15) is 47.0 Å². The molecule has 0 heterocycles. The Morgan fingerprint density at radius 3 is 2.33 bits per heavy atom. The van der Waals surface area contributed by atoms with Gasteiger partial charge >= 0.3 is 0 Å². The molecule has 0 aliphatic heterocycles. The Kier molecular flexibility index (Phi) is 1.79. The van der Waals surface area contributed by atoms with E-state index < -0.39 is 0 Å². The highest BCUT2D eigenvalue weighted by molar-refractivity contribution is 5.06. The van der Waals surface area contributed by atoms with E-state index in [1.165, 1.54) is 19.3 Å². The van der Waals surface area contributed by atoms with Crippen LogP contribution in [0, 0.1) is 29.1 Å². The molecule has 5 atom stereocenters. The minimum Gasteiger partial charge on any atom is -0.0648 e. The maximum absolute atomic E-state index is 2.49. The topological polar surface area (TPSA) is 0 Å². The van der Waals surface area contributed by atoms with Gasteiger partial charge in [-0.05, 0) is 48.3 Å². The van der Waals surface area contributed by atoms with E-state index in [-0.39, 0.29) is 0 Å². The molecule has 2 bridgehead atoms. The highest BCUT2D eigenvalue weighted by Crippen LogP contribution is 2.65. The highest BCUT2D eigenvalue weighted by Gasteiger charge is 2.58. The van der Waals surface area contributed by atoms with E-state index in [0.29, 0.717) is 0 Å². The molecule has 3 rings (SSSR count). The van der Waals surface area contributed by atoms with Crippen molar-refractivity contribution in [3.05, 3.63) is 0 Å². The molecule has 12 heavy (non-hydrogen) atoms. The van der Waals surface area contributed by atoms with Gasteiger partial charge in [0.2, 0.25) is 0 Å². The largest absolute Gasteiger partial charge is 0.0648 e. The molecule has 0 aromatic carbocycles. The van der Waals surface area contributed by atoms with Crippen LogP contribution in [0.25, 0.3) is 0 Å². The molecular weight excluding hydrogens is 144 g/mol. The Morgan fingerprint density at radius 2 is 1.92 bits per heavy atom. The standard InChI is InChI=1S/C12H22/c1-5-12-7-11(10(12)4)8(2)6-9(12)3/h8-11H,5-7H2,1-4H3. The zero-order valence-corrected chi connectivity index (χ0v) is 8.93. The zero-order valence-electron chi connectivity index (χ0n) is 8.93. The Balaban J connectivity index is 2.19. The molecule has 0 heteroatoms. The SMILES string of the molecule is CCC12CC(C(C)CC1C)C2C. The molecule has 0 aromatic rings. The van der Waals surface area contributed by atoms with Gasteiger partial charge < -0.3 is 0 Å². The van der Waals surface area contributed by atoms with Gasteiger partial charge in [0.25, 0.3) is 0 Å². The Labute approximate surface area is 76.7 Å². The summed E-state index contributed by atoms with van der Waals surface area (Å²) in [4.78, 5) is 0. The van der Waals surface area contributed by atoms with Crippen molar-refractivity contribution in [2.24, 2.45) is 29.1 Å². The third kappa shape index (κ3) is 0.791. The number of fused-ring (bicyclic) bond motifs is 2. The first-order valence-electron chi connectivity index (χ1n) is 5.62. The molecule has 3 aliphatic rings. The average molecular weight is 166 g/mol. The fourth-order valence-electron chi connectivity index (χ4n) is 4.19. The van der Waals surface area contributed by atoms with Gasteiger partial charge in [0.1, 0.15) is 0 Å². The lowest BCUT2D eigenvalue weighted by Crippen LogP contribution is -2.57. The van der Waals surface area contributed by atoms with Crippen LogP contribution in [0.4, 0.5) is 0 Å². The fourth-order valence-corrected chi connectivity index (χ4v) is 4.19. The third-order valence-corrected chi connectivity index (χ3v) is 5.26. The molecule has 70 valence electrons. The Hall–Kier alpha value is 0. The van der Waals surface area contributed by atoms with Crippen LogP contribution in [-0.4, -0.2) is 0 Å². The lowest BCUT2D eigenvalue weighted by Gasteiger charge is -2.64. The summed E-state index contributed by atoms with van der Waals surface area (Å²) in [5, 5.41) is 0. The maximum atomic E-state index is 2.49. The van der Waals surface area contributed by atoms with Crippen LogP contribution in [0.5, 0.6) is 0 Å². The van der Waals surface area contributed by atoms with E-state index in [4.69, 9.17) is 0 Å². The zero-order chi connectivity index (χ0) is 8.93. The number of rotatable bonds is 1. The number of hydrogen-bond acceptors (Lipinski definition) is 0. The van der Waals surface area contributed by atoms with Crippen molar-refractivity contribution in [3.8, 4) is 0 Å². The Morgan fingerprint density at radius 1 is 1.25 bits per heavy atom. The molecule has 0 spiro atoms. The normalized spacial score (nSPS) is 58.0. The molecule has 0 amide bonds. The van der Waals surface area contributed by atoms with Crippen molar-refractivity contribution < 1.29 is 0 Å². The molecule has 0 aromatic heterocycles. The first kappa shape index (κ1) is 8.59. The highest BCUT2D eigenvalue weighted by atomic mass is 14.6. The average Bonchev–Trinajstić information content (AvgIpc) is 2.02. The quantitative estimate of drug-likeness (QED) is 0.557. The minimum atomic E-state index is 0.761. The van der Waals surface area contributed by atoms with Gasteiger partial charge in [-0.3, -0.25) is 0 Å². The van der Waals surface area contributed by atoms with Crippen LogP contribution in [0.15, 0.2) is 0 Å². The van der Waals surface area contributed by atoms with Crippen LogP contribution in [-0.2, 0) is 0 Å². The smallest absolute Gasteiger partial charge is 0.0243 e. The number of hydrogen-bond donors (Lipinski definition) is 0. The lowest BCUT2D eigenvalue weighted by atomic mass is 9.41. The molecular formula is C12H22. The Bertz CT molecular complexity index is 178. The molecule has 3 aliphatic carbocycles. The van der Waals surface area contributed by atoms with Gasteiger partial charge in [-0.25, -0.2) is 0 Å². The van der Waals surface area contributed by atoms with Crippen LogP contribution < -0.4 is 0 Å². The van der Waals surface area contributed by atoms with E-state index in [9.17, 15) is 0 Å². The summed E-state index contributed by atoms with van der Waals surface area (Å²) in [6.45, 7) is 9.81. The lowest BCUT2D eigenvalue weighted by molar-refractivity contribution is -0.153. The second kappa shape index (κ2) is 2.49. The van der Waals surface area contributed by atoms with Gasteiger partial charge in [0.15, 0.2) is 0 Å². The molecule has 0 saturated heterocycles. The summed E-state index contributed by atoms with van der Waals surface area (Å²) in [6, 6.07) is 0. The van der Waals surface area contributed by atoms with E-state index in [2.05, 4.69) is 27.7 Å². The van der Waals surface area contributed by atoms with Gasteiger partial charge in [-0.2, -0.15) is 0 Å². The molecule has 0 N–H and O–H groups in total. The van der Waals surface area contributed by atoms with Gasteiger partial charge in [0.05, 0.1) is 0 Å². The molecule has 0 nitrogen and oxygen atoms in total. The first-order chi connectivity index (χ1) is 5.62. The second-order valence-corrected chi connectivity index (χ2v) is 5.36. The van der Waals surface area contributed by atoms with E-state index in [0.717, 1.165) is 29.1 Å². The van der Waals surface area contributed by atoms with E-state index in [1.807, 2.05) is 0 Å². The van der Waals surface area contributed by atoms with Crippen LogP contribution in [0.2, 0.25) is 0 Å². The van der Waals surface area contributed by atoms with Crippen molar-refractivity contribution in [2.45, 2.75) is 47.0 Å². The third-order valence-electron chi connectivity index (χ3n) is 5.26. The van der Waals surface area contributed by atoms with Crippen molar-refractivity contribution in [3.63, 3.8) is 0 Å². The monoisotopic (exact) mass is 166 g/mol.